The molecule has 1 aromatic carbocycles. The van der Waals surface area contributed by atoms with E-state index in [4.69, 9.17) is 9.15 Å². The van der Waals surface area contributed by atoms with Crippen LogP contribution in [-0.4, -0.2) is 30.1 Å². The Kier molecular flexibility index (Phi) is 3.72. The molecule has 0 spiro atoms. The van der Waals surface area contributed by atoms with Gasteiger partial charge in [-0.15, -0.1) is 0 Å². The van der Waals surface area contributed by atoms with Gasteiger partial charge in [0.15, 0.2) is 0 Å². The van der Waals surface area contributed by atoms with Gasteiger partial charge in [-0.05, 0) is 36.2 Å². The highest BCUT2D eigenvalue weighted by molar-refractivity contribution is 5.95. The number of anilines is 1. The zero-order valence-electron chi connectivity index (χ0n) is 13.1. The molecule has 4 rings (SSSR count). The molecule has 2 aliphatic rings. The van der Waals surface area contributed by atoms with Crippen molar-refractivity contribution in [2.75, 3.05) is 18.5 Å². The van der Waals surface area contributed by atoms with Crippen LogP contribution in [0.4, 0.5) is 10.5 Å². The van der Waals surface area contributed by atoms with Gasteiger partial charge in [0.25, 0.3) is 0 Å². The summed E-state index contributed by atoms with van der Waals surface area (Å²) < 4.78 is 10.3. The predicted octanol–water partition coefficient (Wildman–Crippen LogP) is 2.97. The van der Waals surface area contributed by atoms with Gasteiger partial charge >= 0.3 is 6.09 Å². The Labute approximate surface area is 139 Å². The molecule has 1 N–H and O–H groups in total. The van der Waals surface area contributed by atoms with Crippen molar-refractivity contribution < 1.29 is 18.7 Å². The highest BCUT2D eigenvalue weighted by Gasteiger charge is 2.45. The maximum absolute atomic E-state index is 12.3. The molecule has 124 valence electrons. The number of rotatable bonds is 5. The van der Waals surface area contributed by atoms with E-state index in [9.17, 15) is 9.59 Å². The molecule has 2 fully saturated rings. The Morgan fingerprint density at radius 2 is 2.08 bits per heavy atom. The first kappa shape index (κ1) is 14.8. The molecule has 1 saturated heterocycles. The number of amides is 2. The van der Waals surface area contributed by atoms with Gasteiger partial charge in [0, 0.05) is 24.1 Å². The largest absolute Gasteiger partial charge is 0.469 e. The van der Waals surface area contributed by atoms with Gasteiger partial charge in [-0.25, -0.2) is 4.79 Å². The Bertz CT molecular complexity index is 739. The average Bonchev–Trinajstić information content (AvgIpc) is 2.99. The van der Waals surface area contributed by atoms with Gasteiger partial charge in [0.05, 0.1) is 12.8 Å². The fourth-order valence-corrected chi connectivity index (χ4v) is 3.02. The molecule has 0 radical (unpaired) electrons. The van der Waals surface area contributed by atoms with E-state index in [0.717, 1.165) is 23.4 Å². The van der Waals surface area contributed by atoms with Crippen molar-refractivity contribution in [2.24, 2.45) is 5.92 Å². The van der Waals surface area contributed by atoms with Crippen molar-refractivity contribution in [3.8, 4) is 0 Å². The van der Waals surface area contributed by atoms with Crippen LogP contribution in [0, 0.1) is 5.92 Å². The second kappa shape index (κ2) is 6.03. The Balaban J connectivity index is 1.32. The number of carbonyl (C=O) groups excluding carboxylic acids is 2. The average molecular weight is 326 g/mol. The van der Waals surface area contributed by atoms with Gasteiger partial charge in [-0.1, -0.05) is 12.1 Å². The Hall–Kier alpha value is -2.76. The normalized spacial score (nSPS) is 22.3. The summed E-state index contributed by atoms with van der Waals surface area (Å²) in [6, 6.07) is 11.3. The minimum absolute atomic E-state index is 0.0183. The summed E-state index contributed by atoms with van der Waals surface area (Å²) >= 11 is 0. The highest BCUT2D eigenvalue weighted by atomic mass is 16.6. The van der Waals surface area contributed by atoms with Crippen LogP contribution in [0.25, 0.3) is 0 Å². The summed E-state index contributed by atoms with van der Waals surface area (Å²) in [5, 5.41) is 2.94. The van der Waals surface area contributed by atoms with E-state index in [-0.39, 0.29) is 23.8 Å². The van der Waals surface area contributed by atoms with Crippen molar-refractivity contribution in [1.29, 1.82) is 0 Å². The Morgan fingerprint density at radius 1 is 1.25 bits per heavy atom. The molecular weight excluding hydrogens is 308 g/mol. The van der Waals surface area contributed by atoms with Crippen LogP contribution >= 0.6 is 0 Å². The van der Waals surface area contributed by atoms with E-state index in [1.54, 1.807) is 11.2 Å². The zero-order valence-corrected chi connectivity index (χ0v) is 13.1. The first-order valence-electron chi connectivity index (χ1n) is 8.05. The van der Waals surface area contributed by atoms with Crippen LogP contribution in [0.1, 0.15) is 23.7 Å². The van der Waals surface area contributed by atoms with E-state index in [0.29, 0.717) is 19.7 Å². The number of nitrogens with one attached hydrogen (secondary N) is 1. The van der Waals surface area contributed by atoms with E-state index in [1.165, 1.54) is 0 Å². The van der Waals surface area contributed by atoms with E-state index >= 15 is 0 Å². The first-order chi connectivity index (χ1) is 11.7. The smallest absolute Gasteiger partial charge is 0.410 e. The number of nitrogens with zero attached hydrogens (tertiary/aromatic N) is 1. The standard InChI is InChI=1S/C18H18N2O4/c21-17(15-10-14(15)16-2-1-8-23-16)19-13-5-3-12(4-6-13)11-20-7-9-24-18(20)22/h1-6,8,14-15H,7,9-11H2,(H,19,21). The lowest BCUT2D eigenvalue weighted by Gasteiger charge is -2.13. The van der Waals surface area contributed by atoms with Crippen LogP contribution in [0.15, 0.2) is 47.1 Å². The lowest BCUT2D eigenvalue weighted by molar-refractivity contribution is -0.117. The van der Waals surface area contributed by atoms with Crippen LogP contribution in [0.5, 0.6) is 0 Å². The summed E-state index contributed by atoms with van der Waals surface area (Å²) in [6.07, 6.45) is 2.19. The third kappa shape index (κ3) is 2.99. The van der Waals surface area contributed by atoms with E-state index in [1.807, 2.05) is 36.4 Å². The third-order valence-corrected chi connectivity index (χ3v) is 4.48. The summed E-state index contributed by atoms with van der Waals surface area (Å²) in [5.74, 6) is 1.07. The number of hydrogen-bond donors (Lipinski definition) is 1. The van der Waals surface area contributed by atoms with Crippen molar-refractivity contribution in [2.45, 2.75) is 18.9 Å². The molecule has 6 nitrogen and oxygen atoms in total. The molecule has 2 heterocycles. The molecule has 6 heteroatoms. The first-order valence-corrected chi connectivity index (χ1v) is 8.05. The van der Waals surface area contributed by atoms with Crippen molar-refractivity contribution in [3.63, 3.8) is 0 Å². The van der Waals surface area contributed by atoms with Gasteiger partial charge in [-0.2, -0.15) is 0 Å². The second-order valence-corrected chi connectivity index (χ2v) is 6.19. The fourth-order valence-electron chi connectivity index (χ4n) is 3.02. The maximum Gasteiger partial charge on any atom is 0.410 e. The number of benzene rings is 1. The lowest BCUT2D eigenvalue weighted by atomic mass is 10.2. The second-order valence-electron chi connectivity index (χ2n) is 6.19. The molecule has 1 aliphatic carbocycles. The highest BCUT2D eigenvalue weighted by Crippen LogP contribution is 2.48. The molecule has 1 aliphatic heterocycles. The number of furan rings is 1. The number of carbonyl (C=O) groups is 2. The van der Waals surface area contributed by atoms with Crippen LogP contribution in [0.3, 0.4) is 0 Å². The summed E-state index contributed by atoms with van der Waals surface area (Å²) in [4.78, 5) is 25.4. The molecule has 2 aromatic rings. The van der Waals surface area contributed by atoms with Crippen molar-refractivity contribution in [1.82, 2.24) is 4.90 Å². The van der Waals surface area contributed by atoms with Crippen LogP contribution in [0.2, 0.25) is 0 Å². The van der Waals surface area contributed by atoms with E-state index in [2.05, 4.69) is 5.32 Å². The minimum atomic E-state index is -0.273. The maximum atomic E-state index is 12.3. The zero-order chi connectivity index (χ0) is 16.5. The molecule has 1 saturated carbocycles. The molecule has 2 amide bonds. The number of cyclic esters (lactones) is 1. The summed E-state index contributed by atoms with van der Waals surface area (Å²) in [7, 11) is 0. The van der Waals surface area contributed by atoms with Gasteiger partial charge in [0.1, 0.15) is 12.4 Å². The summed E-state index contributed by atoms with van der Waals surface area (Å²) in [6.45, 7) is 1.59. The van der Waals surface area contributed by atoms with Gasteiger partial charge in [0.2, 0.25) is 5.91 Å². The predicted molar refractivity (Wildman–Crippen MR) is 86.4 cm³/mol. The van der Waals surface area contributed by atoms with Crippen LogP contribution in [-0.2, 0) is 16.1 Å². The van der Waals surface area contributed by atoms with Crippen molar-refractivity contribution >= 4 is 17.7 Å². The molecule has 24 heavy (non-hydrogen) atoms. The quantitative estimate of drug-likeness (QED) is 0.917. The van der Waals surface area contributed by atoms with Gasteiger partial charge < -0.3 is 19.4 Å². The topological polar surface area (TPSA) is 71.8 Å². The van der Waals surface area contributed by atoms with Gasteiger partial charge in [-0.3, -0.25) is 4.79 Å². The summed E-state index contributed by atoms with van der Waals surface area (Å²) in [5.41, 5.74) is 1.77. The Morgan fingerprint density at radius 3 is 2.75 bits per heavy atom. The molecular formula is C18H18N2O4. The monoisotopic (exact) mass is 326 g/mol. The van der Waals surface area contributed by atoms with Crippen LogP contribution < -0.4 is 5.32 Å². The minimum Gasteiger partial charge on any atom is -0.469 e. The molecule has 0 bridgehead atoms. The SMILES string of the molecule is O=C(Nc1ccc(CN2CCOC2=O)cc1)C1CC1c1ccco1. The van der Waals surface area contributed by atoms with E-state index < -0.39 is 0 Å². The number of hydrogen-bond acceptors (Lipinski definition) is 4. The molecule has 2 atom stereocenters. The lowest BCUT2D eigenvalue weighted by Crippen LogP contribution is -2.23. The third-order valence-electron chi connectivity index (χ3n) is 4.48. The molecule has 1 aromatic heterocycles. The molecule has 2 unspecified atom stereocenters. The fraction of sp³-hybridized carbons (Fsp3) is 0.333. The number of ether oxygens (including phenoxy) is 1. The van der Waals surface area contributed by atoms with Crippen molar-refractivity contribution in [3.05, 3.63) is 54.0 Å².